The highest BCUT2D eigenvalue weighted by molar-refractivity contribution is 5.84. The molecule has 1 fully saturated rings. The van der Waals surface area contributed by atoms with E-state index in [1.165, 1.54) is 0 Å². The standard InChI is InChI=1S/C14H15NO3/c1-8-13(9-4-2-3-5-12(9)18-8)10-6-15-7-11(10)14(16)17/h2-5,10-11,15H,6-7H2,1H3,(H,16,17). The number of hydrogen-bond acceptors (Lipinski definition) is 3. The van der Waals surface area contributed by atoms with Gasteiger partial charge in [0.25, 0.3) is 0 Å². The van der Waals surface area contributed by atoms with Crippen LogP contribution in [0.15, 0.2) is 28.7 Å². The molecule has 2 unspecified atom stereocenters. The predicted molar refractivity (Wildman–Crippen MR) is 67.7 cm³/mol. The monoisotopic (exact) mass is 245 g/mol. The minimum absolute atomic E-state index is 0.00819. The summed E-state index contributed by atoms with van der Waals surface area (Å²) in [7, 11) is 0. The Morgan fingerprint density at radius 3 is 2.94 bits per heavy atom. The number of fused-ring (bicyclic) bond motifs is 1. The summed E-state index contributed by atoms with van der Waals surface area (Å²) in [6.45, 7) is 3.13. The van der Waals surface area contributed by atoms with Gasteiger partial charge in [0.2, 0.25) is 0 Å². The second kappa shape index (κ2) is 4.14. The normalized spacial score (nSPS) is 23.6. The van der Waals surface area contributed by atoms with Crippen LogP contribution in [-0.4, -0.2) is 24.2 Å². The van der Waals surface area contributed by atoms with E-state index in [1.54, 1.807) is 0 Å². The van der Waals surface area contributed by atoms with Crippen LogP contribution < -0.4 is 5.32 Å². The van der Waals surface area contributed by atoms with Gasteiger partial charge >= 0.3 is 5.97 Å². The fourth-order valence-corrected chi connectivity index (χ4v) is 2.89. The molecule has 1 aliphatic heterocycles. The van der Waals surface area contributed by atoms with Gasteiger partial charge in [-0.2, -0.15) is 0 Å². The van der Waals surface area contributed by atoms with Gasteiger partial charge in [0.1, 0.15) is 11.3 Å². The van der Waals surface area contributed by atoms with E-state index in [2.05, 4.69) is 5.32 Å². The first kappa shape index (κ1) is 11.3. The van der Waals surface area contributed by atoms with Gasteiger partial charge in [0, 0.05) is 30.0 Å². The average Bonchev–Trinajstić information content (AvgIpc) is 2.91. The molecule has 94 valence electrons. The quantitative estimate of drug-likeness (QED) is 0.850. The molecular weight excluding hydrogens is 230 g/mol. The second-order valence-corrected chi connectivity index (χ2v) is 4.78. The first-order valence-electron chi connectivity index (χ1n) is 6.10. The number of hydrogen-bond donors (Lipinski definition) is 2. The van der Waals surface area contributed by atoms with Crippen LogP contribution >= 0.6 is 0 Å². The van der Waals surface area contributed by atoms with Crippen LogP contribution in [0.4, 0.5) is 0 Å². The van der Waals surface area contributed by atoms with Gasteiger partial charge < -0.3 is 14.8 Å². The van der Waals surface area contributed by atoms with Gasteiger partial charge in [-0.1, -0.05) is 18.2 Å². The third-order valence-electron chi connectivity index (χ3n) is 3.72. The maximum absolute atomic E-state index is 11.3. The van der Waals surface area contributed by atoms with Crippen LogP contribution in [0.3, 0.4) is 0 Å². The molecule has 2 heterocycles. The van der Waals surface area contributed by atoms with Gasteiger partial charge in [-0.15, -0.1) is 0 Å². The van der Waals surface area contributed by atoms with Crippen LogP contribution in [0.2, 0.25) is 0 Å². The Kier molecular flexibility index (Phi) is 2.59. The fourth-order valence-electron chi connectivity index (χ4n) is 2.89. The molecular formula is C14H15NO3. The lowest BCUT2D eigenvalue weighted by atomic mass is 9.87. The maximum atomic E-state index is 11.3. The highest BCUT2D eigenvalue weighted by atomic mass is 16.4. The molecule has 0 amide bonds. The first-order chi connectivity index (χ1) is 8.68. The molecule has 0 aliphatic carbocycles. The van der Waals surface area contributed by atoms with Crippen molar-refractivity contribution in [2.75, 3.05) is 13.1 Å². The molecule has 4 heteroatoms. The molecule has 1 aromatic heterocycles. The minimum Gasteiger partial charge on any atom is -0.481 e. The Morgan fingerprint density at radius 1 is 1.39 bits per heavy atom. The Morgan fingerprint density at radius 2 is 2.17 bits per heavy atom. The zero-order valence-electron chi connectivity index (χ0n) is 10.1. The van der Waals surface area contributed by atoms with E-state index in [0.717, 1.165) is 22.3 Å². The molecule has 0 bridgehead atoms. The van der Waals surface area contributed by atoms with Crippen LogP contribution in [0.25, 0.3) is 11.0 Å². The van der Waals surface area contributed by atoms with Crippen LogP contribution in [0.1, 0.15) is 17.2 Å². The summed E-state index contributed by atoms with van der Waals surface area (Å²) >= 11 is 0. The largest absolute Gasteiger partial charge is 0.481 e. The third kappa shape index (κ3) is 1.61. The predicted octanol–water partition coefficient (Wildman–Crippen LogP) is 2.13. The number of carboxylic acid groups (broad SMARTS) is 1. The van der Waals surface area contributed by atoms with E-state index in [4.69, 9.17) is 4.42 Å². The number of aryl methyl sites for hydroxylation is 1. The molecule has 4 nitrogen and oxygen atoms in total. The van der Waals surface area contributed by atoms with Crippen LogP contribution in [-0.2, 0) is 4.79 Å². The second-order valence-electron chi connectivity index (χ2n) is 4.78. The minimum atomic E-state index is -0.741. The summed E-state index contributed by atoms with van der Waals surface area (Å²) in [6.07, 6.45) is 0. The summed E-state index contributed by atoms with van der Waals surface area (Å²) in [4.78, 5) is 11.3. The number of nitrogens with one attached hydrogen (secondary N) is 1. The fraction of sp³-hybridized carbons (Fsp3) is 0.357. The molecule has 1 aliphatic rings. The van der Waals surface area contributed by atoms with Gasteiger partial charge in [0.05, 0.1) is 5.92 Å². The molecule has 18 heavy (non-hydrogen) atoms. The Balaban J connectivity index is 2.13. The van der Waals surface area contributed by atoms with E-state index < -0.39 is 5.97 Å². The molecule has 0 spiro atoms. The van der Waals surface area contributed by atoms with Crippen molar-refractivity contribution in [3.05, 3.63) is 35.6 Å². The van der Waals surface area contributed by atoms with E-state index in [-0.39, 0.29) is 11.8 Å². The van der Waals surface area contributed by atoms with Crippen molar-refractivity contribution in [3.63, 3.8) is 0 Å². The molecule has 1 saturated heterocycles. The summed E-state index contributed by atoms with van der Waals surface area (Å²) in [5.41, 5.74) is 1.88. The van der Waals surface area contributed by atoms with Crippen molar-refractivity contribution < 1.29 is 14.3 Å². The van der Waals surface area contributed by atoms with Crippen LogP contribution in [0, 0.1) is 12.8 Å². The lowest BCUT2D eigenvalue weighted by molar-refractivity contribution is -0.141. The molecule has 3 rings (SSSR count). The lowest BCUT2D eigenvalue weighted by Gasteiger charge is -2.14. The van der Waals surface area contributed by atoms with Crippen molar-refractivity contribution in [3.8, 4) is 0 Å². The Labute approximate surface area is 105 Å². The van der Waals surface area contributed by atoms with Crippen molar-refractivity contribution in [2.45, 2.75) is 12.8 Å². The molecule has 2 aromatic rings. The van der Waals surface area contributed by atoms with E-state index >= 15 is 0 Å². The summed E-state index contributed by atoms with van der Waals surface area (Å²) in [5, 5.41) is 13.5. The maximum Gasteiger partial charge on any atom is 0.308 e. The first-order valence-corrected chi connectivity index (χ1v) is 6.10. The number of furan rings is 1. The SMILES string of the molecule is Cc1oc2ccccc2c1C1CNCC1C(=O)O. The number of carboxylic acids is 1. The molecule has 0 radical (unpaired) electrons. The molecule has 2 atom stereocenters. The Hall–Kier alpha value is -1.81. The number of aliphatic carboxylic acids is 1. The van der Waals surface area contributed by atoms with Gasteiger partial charge in [0.15, 0.2) is 0 Å². The highest BCUT2D eigenvalue weighted by Crippen LogP contribution is 2.37. The number of benzene rings is 1. The third-order valence-corrected chi connectivity index (χ3v) is 3.72. The summed E-state index contributed by atoms with van der Waals surface area (Å²) < 4.78 is 5.72. The molecule has 2 N–H and O–H groups in total. The average molecular weight is 245 g/mol. The number of para-hydroxylation sites is 1. The zero-order valence-corrected chi connectivity index (χ0v) is 10.1. The smallest absolute Gasteiger partial charge is 0.308 e. The number of rotatable bonds is 2. The molecule has 0 saturated carbocycles. The summed E-state index contributed by atoms with van der Waals surface area (Å²) in [6, 6.07) is 7.80. The van der Waals surface area contributed by atoms with Crippen molar-refractivity contribution >= 4 is 16.9 Å². The van der Waals surface area contributed by atoms with E-state index in [1.807, 2.05) is 31.2 Å². The van der Waals surface area contributed by atoms with E-state index in [9.17, 15) is 9.90 Å². The van der Waals surface area contributed by atoms with E-state index in [0.29, 0.717) is 13.1 Å². The van der Waals surface area contributed by atoms with Gasteiger partial charge in [-0.25, -0.2) is 0 Å². The van der Waals surface area contributed by atoms with Crippen LogP contribution in [0.5, 0.6) is 0 Å². The molecule has 1 aromatic carbocycles. The van der Waals surface area contributed by atoms with Crippen molar-refractivity contribution in [1.82, 2.24) is 5.32 Å². The van der Waals surface area contributed by atoms with Crippen molar-refractivity contribution in [1.29, 1.82) is 0 Å². The summed E-state index contributed by atoms with van der Waals surface area (Å²) in [5.74, 6) is -0.290. The zero-order chi connectivity index (χ0) is 12.7. The topological polar surface area (TPSA) is 62.5 Å². The van der Waals surface area contributed by atoms with Crippen molar-refractivity contribution in [2.24, 2.45) is 5.92 Å². The van der Waals surface area contributed by atoms with Gasteiger partial charge in [-0.3, -0.25) is 4.79 Å². The number of carbonyl (C=O) groups is 1. The highest BCUT2D eigenvalue weighted by Gasteiger charge is 2.36. The van der Waals surface area contributed by atoms with Gasteiger partial charge in [-0.05, 0) is 13.0 Å². The Bertz CT molecular complexity index is 602. The lowest BCUT2D eigenvalue weighted by Crippen LogP contribution is -2.21.